The molecule has 3 aromatic rings. The highest BCUT2D eigenvalue weighted by atomic mass is 16.5. The molecule has 2 saturated carbocycles. The van der Waals surface area contributed by atoms with Crippen molar-refractivity contribution in [3.05, 3.63) is 108 Å². The van der Waals surface area contributed by atoms with Gasteiger partial charge in [-0.1, -0.05) is 91.0 Å². The topological polar surface area (TPSA) is 92.7 Å². The molecular weight excluding hydrogens is 526 g/mol. The highest BCUT2D eigenvalue weighted by Crippen LogP contribution is 2.34. The molecule has 2 aliphatic rings. The molecule has 42 heavy (non-hydrogen) atoms. The third kappa shape index (κ3) is 9.86. The summed E-state index contributed by atoms with van der Waals surface area (Å²) in [5.74, 6) is -0.0647. The Kier molecular flexibility index (Phi) is 11.7. The van der Waals surface area contributed by atoms with Crippen LogP contribution in [0.4, 0.5) is 0 Å². The maximum Gasteiger partial charge on any atom is 0.328 e. The Morgan fingerprint density at radius 1 is 0.714 bits per heavy atom. The first-order chi connectivity index (χ1) is 20.4. The van der Waals surface area contributed by atoms with Gasteiger partial charge in [0.1, 0.15) is 12.6 Å². The van der Waals surface area contributed by atoms with E-state index in [0.717, 1.165) is 56.9 Å². The predicted octanol–water partition coefficient (Wildman–Crippen LogP) is 6.62. The normalized spacial score (nSPS) is 21.9. The van der Waals surface area contributed by atoms with E-state index < -0.39 is 18.0 Å². The summed E-state index contributed by atoms with van der Waals surface area (Å²) in [4.78, 5) is 35.4. The number of hydrogen-bond acceptors (Lipinski definition) is 4. The Morgan fingerprint density at radius 2 is 1.17 bits per heavy atom. The molecule has 6 nitrogen and oxygen atoms in total. The maximum atomic E-state index is 12.5. The van der Waals surface area contributed by atoms with E-state index >= 15 is 0 Å². The molecular formula is C36H43NO5. The van der Waals surface area contributed by atoms with Crippen LogP contribution in [0.1, 0.15) is 62.1 Å². The lowest BCUT2D eigenvalue weighted by molar-refractivity contribution is -0.149. The molecule has 6 heteroatoms. The number of rotatable bonds is 10. The van der Waals surface area contributed by atoms with Crippen molar-refractivity contribution in [2.24, 2.45) is 23.7 Å². The summed E-state index contributed by atoms with van der Waals surface area (Å²) >= 11 is 0. The summed E-state index contributed by atoms with van der Waals surface area (Å²) in [6.07, 6.45) is 7.63. The molecule has 5 rings (SSSR count). The molecule has 2 N–H and O–H groups in total. The van der Waals surface area contributed by atoms with Gasteiger partial charge in [0.2, 0.25) is 5.91 Å². The molecule has 0 aromatic heterocycles. The van der Waals surface area contributed by atoms with Crippen molar-refractivity contribution < 1.29 is 24.2 Å². The maximum absolute atomic E-state index is 12.5. The Labute approximate surface area is 249 Å². The Bertz CT molecular complexity index is 1260. The van der Waals surface area contributed by atoms with Gasteiger partial charge >= 0.3 is 11.9 Å². The molecule has 5 atom stereocenters. The van der Waals surface area contributed by atoms with Gasteiger partial charge in [0.05, 0.1) is 5.92 Å². The second kappa shape index (κ2) is 15.9. The van der Waals surface area contributed by atoms with E-state index in [-0.39, 0.29) is 24.3 Å². The van der Waals surface area contributed by atoms with E-state index in [1.54, 1.807) is 6.92 Å². The summed E-state index contributed by atoms with van der Waals surface area (Å²) in [7, 11) is 0. The standard InChI is InChI=1S/C23H27NO3.C13H16O2/c1-17(23(26)27-16-19-10-6-3-7-11-19)24-22(25)21-13-12-20(15-21)14-18-8-4-2-5-9-18;14-13(15)12-7-6-11(9-12)8-10-4-2-1-3-5-10/h2-11,17,20-21H,12-16H2,1H3,(H,24,25);1-5,11-12H,6-9H2,(H,14,15)/t17-,20-,21+;11-,12+/m00/s1. The van der Waals surface area contributed by atoms with E-state index in [2.05, 4.69) is 41.7 Å². The smallest absolute Gasteiger partial charge is 0.328 e. The zero-order chi connectivity index (χ0) is 29.7. The number of esters is 1. The van der Waals surface area contributed by atoms with E-state index in [4.69, 9.17) is 9.84 Å². The van der Waals surface area contributed by atoms with Gasteiger partial charge in [-0.25, -0.2) is 4.79 Å². The summed E-state index contributed by atoms with van der Waals surface area (Å²) in [5.41, 5.74) is 3.58. The van der Waals surface area contributed by atoms with Crippen LogP contribution in [-0.2, 0) is 38.6 Å². The predicted molar refractivity (Wildman–Crippen MR) is 163 cm³/mol. The van der Waals surface area contributed by atoms with Gasteiger partial charge in [-0.05, 0) is 86.8 Å². The monoisotopic (exact) mass is 569 g/mol. The first-order valence-corrected chi connectivity index (χ1v) is 15.2. The van der Waals surface area contributed by atoms with Crippen LogP contribution in [0, 0.1) is 23.7 Å². The minimum absolute atomic E-state index is 0.0110. The van der Waals surface area contributed by atoms with Gasteiger partial charge in [-0.15, -0.1) is 0 Å². The van der Waals surface area contributed by atoms with Crippen LogP contribution in [-0.4, -0.2) is 29.0 Å². The Balaban J connectivity index is 0.000000227. The number of amides is 1. The summed E-state index contributed by atoms with van der Waals surface area (Å²) in [6.45, 7) is 1.91. The minimum Gasteiger partial charge on any atom is -0.481 e. The Morgan fingerprint density at radius 3 is 1.64 bits per heavy atom. The van der Waals surface area contributed by atoms with Crippen molar-refractivity contribution in [3.63, 3.8) is 0 Å². The lowest BCUT2D eigenvalue weighted by Crippen LogP contribution is -2.42. The average molecular weight is 570 g/mol. The molecule has 2 aliphatic carbocycles. The van der Waals surface area contributed by atoms with Crippen LogP contribution < -0.4 is 5.32 Å². The van der Waals surface area contributed by atoms with Crippen LogP contribution in [0.15, 0.2) is 91.0 Å². The van der Waals surface area contributed by atoms with Crippen LogP contribution in [0.3, 0.4) is 0 Å². The number of hydrogen-bond donors (Lipinski definition) is 2. The zero-order valence-corrected chi connectivity index (χ0v) is 24.5. The van der Waals surface area contributed by atoms with Crippen LogP contribution in [0.25, 0.3) is 0 Å². The molecule has 0 heterocycles. The third-order valence-electron chi connectivity index (χ3n) is 8.47. The third-order valence-corrected chi connectivity index (χ3v) is 8.47. The number of ether oxygens (including phenoxy) is 1. The summed E-state index contributed by atoms with van der Waals surface area (Å²) in [6, 6.07) is 29.6. The first-order valence-electron chi connectivity index (χ1n) is 15.2. The fourth-order valence-corrected chi connectivity index (χ4v) is 6.12. The van der Waals surface area contributed by atoms with Gasteiger partial charge in [-0.2, -0.15) is 0 Å². The van der Waals surface area contributed by atoms with E-state index in [1.807, 2.05) is 54.6 Å². The molecule has 3 aromatic carbocycles. The van der Waals surface area contributed by atoms with Crippen LogP contribution in [0.5, 0.6) is 0 Å². The highest BCUT2D eigenvalue weighted by molar-refractivity contribution is 5.85. The minimum atomic E-state index is -0.630. The molecule has 0 aliphatic heterocycles. The highest BCUT2D eigenvalue weighted by Gasteiger charge is 2.32. The van der Waals surface area contributed by atoms with Gasteiger partial charge in [0.15, 0.2) is 0 Å². The molecule has 0 unspecified atom stereocenters. The van der Waals surface area contributed by atoms with E-state index in [0.29, 0.717) is 11.8 Å². The zero-order valence-electron chi connectivity index (χ0n) is 24.5. The van der Waals surface area contributed by atoms with Crippen molar-refractivity contribution >= 4 is 17.8 Å². The number of carboxylic acids is 1. The van der Waals surface area contributed by atoms with Crippen LogP contribution in [0.2, 0.25) is 0 Å². The molecule has 0 radical (unpaired) electrons. The van der Waals surface area contributed by atoms with Gasteiger partial charge < -0.3 is 15.2 Å². The number of aliphatic carboxylic acids is 1. The van der Waals surface area contributed by atoms with Gasteiger partial charge in [-0.3, -0.25) is 9.59 Å². The SMILES string of the molecule is C[C@H](NC(=O)[C@@H]1CC[C@@H](Cc2ccccc2)C1)C(=O)OCc1ccccc1.O=C(O)[C@@H]1CC[C@@H](Cc2ccccc2)C1. The second-order valence-electron chi connectivity index (χ2n) is 11.8. The van der Waals surface area contributed by atoms with Crippen molar-refractivity contribution in [1.82, 2.24) is 5.32 Å². The Hall–Kier alpha value is -3.93. The van der Waals surface area contributed by atoms with Crippen molar-refractivity contribution in [3.8, 4) is 0 Å². The molecule has 0 bridgehead atoms. The largest absolute Gasteiger partial charge is 0.481 e. The lowest BCUT2D eigenvalue weighted by atomic mass is 9.96. The van der Waals surface area contributed by atoms with Gasteiger partial charge in [0.25, 0.3) is 0 Å². The number of carbonyl (C=O) groups excluding carboxylic acids is 2. The quantitative estimate of drug-likeness (QED) is 0.268. The van der Waals surface area contributed by atoms with Crippen molar-refractivity contribution in [1.29, 1.82) is 0 Å². The molecule has 0 saturated heterocycles. The second-order valence-corrected chi connectivity index (χ2v) is 11.8. The van der Waals surface area contributed by atoms with Gasteiger partial charge in [0, 0.05) is 5.92 Å². The molecule has 222 valence electrons. The van der Waals surface area contributed by atoms with Crippen molar-refractivity contribution in [2.75, 3.05) is 0 Å². The fourth-order valence-electron chi connectivity index (χ4n) is 6.12. The number of benzene rings is 3. The summed E-state index contributed by atoms with van der Waals surface area (Å²) in [5, 5.41) is 11.7. The summed E-state index contributed by atoms with van der Waals surface area (Å²) < 4.78 is 5.30. The van der Waals surface area contributed by atoms with Crippen molar-refractivity contribution in [2.45, 2.75) is 70.9 Å². The lowest BCUT2D eigenvalue weighted by Gasteiger charge is -2.17. The van der Waals surface area contributed by atoms with E-state index in [9.17, 15) is 14.4 Å². The molecule has 0 spiro atoms. The molecule has 1 amide bonds. The average Bonchev–Trinajstić information content (AvgIpc) is 3.68. The number of carboxylic acid groups (broad SMARTS) is 1. The van der Waals surface area contributed by atoms with E-state index in [1.165, 1.54) is 11.1 Å². The number of carbonyl (C=O) groups is 3. The number of nitrogens with one attached hydrogen (secondary N) is 1. The molecule has 2 fully saturated rings. The fraction of sp³-hybridized carbons (Fsp3) is 0.417. The first kappa shape index (κ1) is 31.0. The van der Waals surface area contributed by atoms with Crippen LogP contribution >= 0.6 is 0 Å².